The molecule has 0 saturated carbocycles. The molecule has 3 nitrogen and oxygen atoms in total. The van der Waals surface area contributed by atoms with Gasteiger partial charge in [0.2, 0.25) is 0 Å². The fourth-order valence-electron chi connectivity index (χ4n) is 1.99. The van der Waals surface area contributed by atoms with Gasteiger partial charge < -0.3 is 5.32 Å². The fourth-order valence-corrected chi connectivity index (χ4v) is 2.37. The molecule has 1 aromatic heterocycles. The summed E-state index contributed by atoms with van der Waals surface area (Å²) in [6.07, 6.45) is 0. The van der Waals surface area contributed by atoms with E-state index in [0.29, 0.717) is 11.4 Å². The van der Waals surface area contributed by atoms with E-state index in [-0.39, 0.29) is 0 Å². The first kappa shape index (κ1) is 12.6. The Morgan fingerprint density at radius 3 is 2.60 bits per heavy atom. The summed E-state index contributed by atoms with van der Waals surface area (Å²) in [6, 6.07) is 19.5. The van der Waals surface area contributed by atoms with E-state index in [2.05, 4.69) is 32.3 Å². The molecule has 0 saturated heterocycles. The zero-order chi connectivity index (χ0) is 13.9. The Kier molecular flexibility index (Phi) is 3.36. The van der Waals surface area contributed by atoms with Crippen LogP contribution in [0.3, 0.4) is 0 Å². The third-order valence-electron chi connectivity index (χ3n) is 2.97. The molecule has 4 heteroatoms. The number of hydrogen-bond acceptors (Lipinski definition) is 3. The molecule has 20 heavy (non-hydrogen) atoms. The molecular weight excluding hydrogens is 314 g/mol. The van der Waals surface area contributed by atoms with Gasteiger partial charge in [0.25, 0.3) is 0 Å². The normalized spacial score (nSPS) is 10.2. The molecule has 3 rings (SSSR count). The molecule has 1 N–H and O–H groups in total. The Morgan fingerprint density at radius 1 is 1.05 bits per heavy atom. The molecule has 0 radical (unpaired) electrons. The number of nitrogens with one attached hydrogen (secondary N) is 1. The van der Waals surface area contributed by atoms with Gasteiger partial charge in [0, 0.05) is 9.86 Å². The second-order valence-electron chi connectivity index (χ2n) is 4.29. The van der Waals surface area contributed by atoms with Crippen LogP contribution in [0.25, 0.3) is 10.9 Å². The van der Waals surface area contributed by atoms with Crippen LogP contribution in [0.15, 0.2) is 59.1 Å². The molecule has 1 heterocycles. The van der Waals surface area contributed by atoms with Gasteiger partial charge in [-0.3, -0.25) is 0 Å². The molecule has 2 aromatic carbocycles. The van der Waals surface area contributed by atoms with Crippen molar-refractivity contribution < 1.29 is 0 Å². The number of fused-ring (bicyclic) bond motifs is 1. The minimum absolute atomic E-state index is 0.527. The van der Waals surface area contributed by atoms with Crippen molar-refractivity contribution in [1.29, 1.82) is 5.26 Å². The molecule has 0 aliphatic rings. The Morgan fingerprint density at radius 2 is 1.80 bits per heavy atom. The van der Waals surface area contributed by atoms with Crippen LogP contribution in [0.2, 0.25) is 0 Å². The summed E-state index contributed by atoms with van der Waals surface area (Å²) in [7, 11) is 0. The van der Waals surface area contributed by atoms with Crippen molar-refractivity contribution in [3.8, 4) is 6.07 Å². The number of para-hydroxylation sites is 2. The van der Waals surface area contributed by atoms with Gasteiger partial charge in [-0.25, -0.2) is 4.98 Å². The number of benzene rings is 2. The van der Waals surface area contributed by atoms with Crippen molar-refractivity contribution in [1.82, 2.24) is 4.98 Å². The summed E-state index contributed by atoms with van der Waals surface area (Å²) in [6.45, 7) is 0. The maximum atomic E-state index is 9.28. The zero-order valence-corrected chi connectivity index (χ0v) is 12.1. The SMILES string of the molecule is N#Cc1cc2ccccc2nc1Nc1ccccc1Br. The highest BCUT2D eigenvalue weighted by Crippen LogP contribution is 2.27. The first-order chi connectivity index (χ1) is 9.78. The van der Waals surface area contributed by atoms with Crippen LogP contribution < -0.4 is 5.32 Å². The number of anilines is 2. The summed E-state index contributed by atoms with van der Waals surface area (Å²) in [5.74, 6) is 0.568. The lowest BCUT2D eigenvalue weighted by atomic mass is 10.1. The minimum Gasteiger partial charge on any atom is -0.338 e. The van der Waals surface area contributed by atoms with Crippen LogP contribution in [0.1, 0.15) is 5.56 Å². The van der Waals surface area contributed by atoms with Crippen LogP contribution in [-0.4, -0.2) is 4.98 Å². The van der Waals surface area contributed by atoms with E-state index < -0.39 is 0 Å². The quantitative estimate of drug-likeness (QED) is 0.749. The molecule has 96 valence electrons. The van der Waals surface area contributed by atoms with Crippen molar-refractivity contribution in [2.24, 2.45) is 0 Å². The van der Waals surface area contributed by atoms with E-state index in [1.54, 1.807) is 0 Å². The first-order valence-electron chi connectivity index (χ1n) is 6.09. The van der Waals surface area contributed by atoms with E-state index in [4.69, 9.17) is 0 Å². The van der Waals surface area contributed by atoms with Gasteiger partial charge in [0.05, 0.1) is 16.8 Å². The van der Waals surface area contributed by atoms with Crippen molar-refractivity contribution in [2.45, 2.75) is 0 Å². The molecule has 0 fully saturated rings. The number of aromatic nitrogens is 1. The highest BCUT2D eigenvalue weighted by atomic mass is 79.9. The lowest BCUT2D eigenvalue weighted by Crippen LogP contribution is -1.98. The Bertz CT molecular complexity index is 821. The van der Waals surface area contributed by atoms with E-state index >= 15 is 0 Å². The van der Waals surface area contributed by atoms with Gasteiger partial charge in [-0.05, 0) is 40.2 Å². The smallest absolute Gasteiger partial charge is 0.149 e. The molecule has 0 unspecified atom stereocenters. The second-order valence-corrected chi connectivity index (χ2v) is 5.15. The van der Waals surface area contributed by atoms with Gasteiger partial charge in [-0.1, -0.05) is 30.3 Å². The molecule has 0 bridgehead atoms. The van der Waals surface area contributed by atoms with Crippen molar-refractivity contribution in [2.75, 3.05) is 5.32 Å². The van der Waals surface area contributed by atoms with E-state index in [9.17, 15) is 5.26 Å². The molecule has 0 atom stereocenters. The van der Waals surface area contributed by atoms with E-state index in [1.807, 2.05) is 54.6 Å². The number of hydrogen-bond donors (Lipinski definition) is 1. The standard InChI is InChI=1S/C16H10BrN3/c17-13-6-2-4-8-15(13)20-16-12(10-18)9-11-5-1-3-7-14(11)19-16/h1-9H,(H,19,20). The number of rotatable bonds is 2. The monoisotopic (exact) mass is 323 g/mol. The highest BCUT2D eigenvalue weighted by Gasteiger charge is 2.08. The number of nitrogens with zero attached hydrogens (tertiary/aromatic N) is 2. The van der Waals surface area contributed by atoms with Crippen LogP contribution >= 0.6 is 15.9 Å². The summed E-state index contributed by atoms with van der Waals surface area (Å²) in [5.41, 5.74) is 2.27. The molecule has 0 amide bonds. The average Bonchev–Trinajstić information content (AvgIpc) is 2.49. The summed E-state index contributed by atoms with van der Waals surface area (Å²) >= 11 is 3.48. The summed E-state index contributed by atoms with van der Waals surface area (Å²) < 4.78 is 0.929. The Balaban J connectivity index is 2.11. The molecular formula is C16H10BrN3. The predicted octanol–water partition coefficient (Wildman–Crippen LogP) is 4.61. The predicted molar refractivity (Wildman–Crippen MR) is 83.9 cm³/mol. The third-order valence-corrected chi connectivity index (χ3v) is 3.66. The number of pyridine rings is 1. The van der Waals surface area contributed by atoms with Crippen LogP contribution in [0, 0.1) is 11.3 Å². The van der Waals surface area contributed by atoms with Gasteiger partial charge in [-0.2, -0.15) is 5.26 Å². The van der Waals surface area contributed by atoms with Gasteiger partial charge in [-0.15, -0.1) is 0 Å². The maximum Gasteiger partial charge on any atom is 0.149 e. The maximum absolute atomic E-state index is 9.28. The lowest BCUT2D eigenvalue weighted by Gasteiger charge is -2.10. The fraction of sp³-hybridized carbons (Fsp3) is 0. The summed E-state index contributed by atoms with van der Waals surface area (Å²) in [4.78, 5) is 4.53. The summed E-state index contributed by atoms with van der Waals surface area (Å²) in [5, 5.41) is 13.4. The van der Waals surface area contributed by atoms with Gasteiger partial charge >= 0.3 is 0 Å². The molecule has 0 aliphatic carbocycles. The zero-order valence-electron chi connectivity index (χ0n) is 10.5. The Hall–Kier alpha value is -2.38. The van der Waals surface area contributed by atoms with Crippen molar-refractivity contribution in [3.63, 3.8) is 0 Å². The van der Waals surface area contributed by atoms with Crippen molar-refractivity contribution in [3.05, 3.63) is 64.6 Å². The number of nitriles is 1. The molecule has 3 aromatic rings. The minimum atomic E-state index is 0.527. The average molecular weight is 324 g/mol. The third kappa shape index (κ3) is 2.36. The number of halogens is 1. The highest BCUT2D eigenvalue weighted by molar-refractivity contribution is 9.10. The van der Waals surface area contributed by atoms with E-state index in [1.165, 1.54) is 0 Å². The van der Waals surface area contributed by atoms with Crippen molar-refractivity contribution >= 4 is 38.3 Å². The van der Waals surface area contributed by atoms with Crippen LogP contribution in [0.5, 0.6) is 0 Å². The van der Waals surface area contributed by atoms with Crippen LogP contribution in [0.4, 0.5) is 11.5 Å². The van der Waals surface area contributed by atoms with Crippen LogP contribution in [-0.2, 0) is 0 Å². The molecule has 0 aliphatic heterocycles. The largest absolute Gasteiger partial charge is 0.338 e. The molecule has 0 spiro atoms. The lowest BCUT2D eigenvalue weighted by molar-refractivity contribution is 1.34. The Labute approximate surface area is 125 Å². The van der Waals surface area contributed by atoms with Gasteiger partial charge in [0.1, 0.15) is 11.9 Å². The van der Waals surface area contributed by atoms with E-state index in [0.717, 1.165) is 21.1 Å². The van der Waals surface area contributed by atoms with Gasteiger partial charge in [0.15, 0.2) is 0 Å². The topological polar surface area (TPSA) is 48.7 Å². The second kappa shape index (κ2) is 5.32. The first-order valence-corrected chi connectivity index (χ1v) is 6.88.